The number of nitrogens with zero attached hydrogens (tertiary/aromatic N) is 1. The van der Waals surface area contributed by atoms with Crippen molar-refractivity contribution in [3.63, 3.8) is 0 Å². The van der Waals surface area contributed by atoms with Crippen LogP contribution in [0.15, 0.2) is 24.3 Å². The van der Waals surface area contributed by atoms with Gasteiger partial charge in [0.1, 0.15) is 6.42 Å². The van der Waals surface area contributed by atoms with E-state index in [1.165, 1.54) is 7.11 Å². The molecule has 1 aromatic rings. The van der Waals surface area contributed by atoms with Crippen LogP contribution in [-0.4, -0.2) is 19.0 Å². The molecule has 4 nitrogen and oxygen atoms in total. The number of hydrogen-bond acceptors (Lipinski definition) is 3. The van der Waals surface area contributed by atoms with Crippen molar-refractivity contribution in [1.29, 1.82) is 0 Å². The number of benzene rings is 1. The Morgan fingerprint density at radius 1 is 1.38 bits per heavy atom. The number of para-hydroxylation sites is 1. The van der Waals surface area contributed by atoms with Crippen molar-refractivity contribution in [3.8, 4) is 0 Å². The Balaban J connectivity index is 2.78. The third kappa shape index (κ3) is 2.97. The second kappa shape index (κ2) is 5.51. The first kappa shape index (κ1) is 12.5. The van der Waals surface area contributed by atoms with Gasteiger partial charge in [-0.05, 0) is 18.6 Å². The normalized spacial score (nSPS) is 9.69. The maximum absolute atomic E-state index is 11.6. The quantitative estimate of drug-likeness (QED) is 0.462. The van der Waals surface area contributed by atoms with Crippen LogP contribution in [0.1, 0.15) is 12.0 Å². The van der Waals surface area contributed by atoms with E-state index in [0.717, 1.165) is 9.98 Å². The molecule has 86 valence electrons. The van der Waals surface area contributed by atoms with Crippen LogP contribution in [-0.2, 0) is 14.3 Å². The lowest BCUT2D eigenvalue weighted by Crippen LogP contribution is -2.24. The Morgan fingerprint density at radius 2 is 2.00 bits per heavy atom. The van der Waals surface area contributed by atoms with Gasteiger partial charge in [-0.25, -0.2) is 4.42 Å². The summed E-state index contributed by atoms with van der Waals surface area (Å²) in [6, 6.07) is 7.14. The molecule has 1 rings (SSSR count). The standard InChI is InChI=1S/C11H12ClNO3/c1-8-5-3-4-6-9(8)13(12)10(14)7-11(15)16-2/h3-6H,7H2,1-2H3. The molecule has 0 saturated heterocycles. The third-order valence-corrected chi connectivity index (χ3v) is 2.44. The smallest absolute Gasteiger partial charge is 0.315 e. The number of methoxy groups -OCH3 is 1. The highest BCUT2D eigenvalue weighted by atomic mass is 35.5. The number of amides is 1. The largest absolute Gasteiger partial charge is 0.469 e. The summed E-state index contributed by atoms with van der Waals surface area (Å²) in [7, 11) is 1.22. The number of ether oxygens (including phenoxy) is 1. The van der Waals surface area contributed by atoms with Crippen LogP contribution in [0.2, 0.25) is 0 Å². The molecule has 0 spiro atoms. The SMILES string of the molecule is COC(=O)CC(=O)N(Cl)c1ccccc1C. The molecule has 0 radical (unpaired) electrons. The van der Waals surface area contributed by atoms with Crippen molar-refractivity contribution in [2.75, 3.05) is 11.5 Å². The number of anilines is 1. The maximum atomic E-state index is 11.6. The summed E-state index contributed by atoms with van der Waals surface area (Å²) in [5.74, 6) is -1.12. The summed E-state index contributed by atoms with van der Waals surface area (Å²) in [5.41, 5.74) is 1.42. The Morgan fingerprint density at radius 3 is 2.56 bits per heavy atom. The van der Waals surface area contributed by atoms with E-state index in [9.17, 15) is 9.59 Å². The average molecular weight is 242 g/mol. The first-order chi connectivity index (χ1) is 7.56. The van der Waals surface area contributed by atoms with Gasteiger partial charge in [0.25, 0.3) is 5.91 Å². The molecule has 0 atom stereocenters. The van der Waals surface area contributed by atoms with E-state index < -0.39 is 11.9 Å². The molecule has 0 N–H and O–H groups in total. The summed E-state index contributed by atoms with van der Waals surface area (Å²) in [5, 5.41) is 0. The Bertz CT molecular complexity index is 406. The topological polar surface area (TPSA) is 46.6 Å². The van der Waals surface area contributed by atoms with E-state index >= 15 is 0 Å². The summed E-state index contributed by atoms with van der Waals surface area (Å²) >= 11 is 5.84. The number of esters is 1. The molecule has 0 aromatic heterocycles. The van der Waals surface area contributed by atoms with Crippen LogP contribution < -0.4 is 4.42 Å². The molecule has 5 heteroatoms. The number of rotatable bonds is 3. The van der Waals surface area contributed by atoms with Gasteiger partial charge < -0.3 is 4.74 Å². The summed E-state index contributed by atoms with van der Waals surface area (Å²) < 4.78 is 5.33. The Labute approximate surface area is 98.9 Å². The van der Waals surface area contributed by atoms with Gasteiger partial charge in [-0.3, -0.25) is 9.59 Å². The van der Waals surface area contributed by atoms with Crippen LogP contribution in [0.4, 0.5) is 5.69 Å². The first-order valence-electron chi connectivity index (χ1n) is 4.67. The van der Waals surface area contributed by atoms with E-state index in [1.54, 1.807) is 12.1 Å². The summed E-state index contributed by atoms with van der Waals surface area (Å²) in [6.07, 6.45) is -0.367. The van der Waals surface area contributed by atoms with Gasteiger partial charge in [-0.2, -0.15) is 0 Å². The van der Waals surface area contributed by atoms with Crippen LogP contribution >= 0.6 is 11.8 Å². The second-order valence-electron chi connectivity index (χ2n) is 3.21. The van der Waals surface area contributed by atoms with Crippen molar-refractivity contribution in [1.82, 2.24) is 0 Å². The van der Waals surface area contributed by atoms with Crippen molar-refractivity contribution in [3.05, 3.63) is 29.8 Å². The molecule has 0 heterocycles. The molecule has 0 aliphatic carbocycles. The molecule has 16 heavy (non-hydrogen) atoms. The lowest BCUT2D eigenvalue weighted by molar-refractivity contribution is -0.143. The van der Waals surface area contributed by atoms with Gasteiger partial charge in [-0.15, -0.1) is 0 Å². The van der Waals surface area contributed by atoms with Gasteiger partial charge in [-0.1, -0.05) is 18.2 Å². The summed E-state index contributed by atoms with van der Waals surface area (Å²) in [6.45, 7) is 1.83. The van der Waals surface area contributed by atoms with E-state index in [1.807, 2.05) is 19.1 Å². The zero-order valence-corrected chi connectivity index (χ0v) is 9.82. The molecule has 0 fully saturated rings. The van der Waals surface area contributed by atoms with E-state index in [2.05, 4.69) is 4.74 Å². The monoisotopic (exact) mass is 241 g/mol. The minimum absolute atomic E-state index is 0.367. The zero-order valence-electron chi connectivity index (χ0n) is 9.07. The van der Waals surface area contributed by atoms with Gasteiger partial charge in [0.15, 0.2) is 0 Å². The van der Waals surface area contributed by atoms with E-state index in [0.29, 0.717) is 5.69 Å². The fraction of sp³-hybridized carbons (Fsp3) is 0.273. The molecule has 1 amide bonds. The lowest BCUT2D eigenvalue weighted by Gasteiger charge is -2.15. The molecule has 0 bridgehead atoms. The van der Waals surface area contributed by atoms with Crippen molar-refractivity contribution < 1.29 is 14.3 Å². The van der Waals surface area contributed by atoms with Gasteiger partial charge >= 0.3 is 5.97 Å². The molecular formula is C11H12ClNO3. The number of halogens is 1. The average Bonchev–Trinajstić information content (AvgIpc) is 2.28. The minimum atomic E-state index is -0.607. The Hall–Kier alpha value is -1.55. The fourth-order valence-electron chi connectivity index (χ4n) is 1.18. The molecule has 1 aromatic carbocycles. The predicted molar refractivity (Wildman–Crippen MR) is 61.2 cm³/mol. The number of carbonyl (C=O) groups is 2. The highest BCUT2D eigenvalue weighted by Gasteiger charge is 2.18. The van der Waals surface area contributed by atoms with Crippen molar-refractivity contribution in [2.45, 2.75) is 13.3 Å². The van der Waals surface area contributed by atoms with Crippen LogP contribution in [0, 0.1) is 6.92 Å². The molecule has 0 aliphatic rings. The molecule has 0 aliphatic heterocycles. The van der Waals surface area contributed by atoms with Gasteiger partial charge in [0.2, 0.25) is 0 Å². The second-order valence-corrected chi connectivity index (χ2v) is 3.55. The van der Waals surface area contributed by atoms with Crippen LogP contribution in [0.3, 0.4) is 0 Å². The molecule has 0 saturated carbocycles. The highest BCUT2D eigenvalue weighted by Crippen LogP contribution is 2.21. The Kier molecular flexibility index (Phi) is 4.31. The fourth-order valence-corrected chi connectivity index (χ4v) is 1.43. The van der Waals surface area contributed by atoms with Crippen LogP contribution in [0.5, 0.6) is 0 Å². The summed E-state index contributed by atoms with van der Waals surface area (Å²) in [4.78, 5) is 22.5. The maximum Gasteiger partial charge on any atom is 0.315 e. The molecular weight excluding hydrogens is 230 g/mol. The number of aryl methyl sites for hydroxylation is 1. The van der Waals surface area contributed by atoms with Crippen molar-refractivity contribution in [2.24, 2.45) is 0 Å². The zero-order chi connectivity index (χ0) is 12.1. The minimum Gasteiger partial charge on any atom is -0.469 e. The van der Waals surface area contributed by atoms with Gasteiger partial charge in [0, 0.05) is 11.8 Å². The molecule has 0 unspecified atom stereocenters. The predicted octanol–water partition coefficient (Wildman–Crippen LogP) is 2.04. The number of carbonyl (C=O) groups excluding carboxylic acids is 2. The van der Waals surface area contributed by atoms with E-state index in [4.69, 9.17) is 11.8 Å². The van der Waals surface area contributed by atoms with E-state index in [-0.39, 0.29) is 6.42 Å². The van der Waals surface area contributed by atoms with Gasteiger partial charge in [0.05, 0.1) is 12.8 Å². The highest BCUT2D eigenvalue weighted by molar-refractivity contribution is 6.37. The third-order valence-electron chi connectivity index (χ3n) is 2.07. The lowest BCUT2D eigenvalue weighted by atomic mass is 10.2. The first-order valence-corrected chi connectivity index (χ1v) is 5.01. The number of hydrogen-bond donors (Lipinski definition) is 0. The van der Waals surface area contributed by atoms with Crippen molar-refractivity contribution >= 4 is 29.3 Å². The van der Waals surface area contributed by atoms with Crippen LogP contribution in [0.25, 0.3) is 0 Å².